The molecule has 3 heteroatoms. The molecule has 2 heterocycles. The molecule has 1 aromatic carbocycles. The van der Waals surface area contributed by atoms with Gasteiger partial charge in [0.2, 0.25) is 0 Å². The molecule has 0 bridgehead atoms. The fraction of sp³-hybridized carbons (Fsp3) is 0.400. The highest BCUT2D eigenvalue weighted by molar-refractivity contribution is 5.89. The molecule has 1 aliphatic heterocycles. The third-order valence-electron chi connectivity index (χ3n) is 3.49. The summed E-state index contributed by atoms with van der Waals surface area (Å²) >= 11 is 0. The summed E-state index contributed by atoms with van der Waals surface area (Å²) in [6.45, 7) is 3.81. The van der Waals surface area contributed by atoms with Crippen molar-refractivity contribution in [3.8, 4) is 5.75 Å². The van der Waals surface area contributed by atoms with Crippen LogP contribution in [0.3, 0.4) is 0 Å². The van der Waals surface area contributed by atoms with Crippen LogP contribution in [0.2, 0.25) is 0 Å². The van der Waals surface area contributed by atoms with Gasteiger partial charge in [-0.05, 0) is 31.9 Å². The minimum atomic E-state index is 0.699. The topological polar surface area (TPSA) is 25.4 Å². The summed E-state index contributed by atoms with van der Waals surface area (Å²) in [4.78, 5) is 7.02. The Labute approximate surface area is 107 Å². The summed E-state index contributed by atoms with van der Waals surface area (Å²) in [5.41, 5.74) is 2.29. The Hall–Kier alpha value is -1.77. The Bertz CT molecular complexity index is 580. The van der Waals surface area contributed by atoms with E-state index >= 15 is 0 Å². The van der Waals surface area contributed by atoms with Crippen LogP contribution >= 0.6 is 0 Å². The van der Waals surface area contributed by atoms with Crippen LogP contribution in [0, 0.1) is 0 Å². The van der Waals surface area contributed by atoms with Crippen LogP contribution in [-0.4, -0.2) is 25.2 Å². The predicted molar refractivity (Wildman–Crippen MR) is 74.5 cm³/mol. The van der Waals surface area contributed by atoms with Gasteiger partial charge in [-0.25, -0.2) is 4.98 Å². The Morgan fingerprint density at radius 2 is 2.17 bits per heavy atom. The first kappa shape index (κ1) is 11.3. The Morgan fingerprint density at radius 1 is 1.33 bits per heavy atom. The third kappa shape index (κ3) is 1.70. The van der Waals surface area contributed by atoms with Gasteiger partial charge in [0.15, 0.2) is 0 Å². The van der Waals surface area contributed by atoms with Gasteiger partial charge in [-0.3, -0.25) is 0 Å². The number of anilines is 1. The Kier molecular flexibility index (Phi) is 2.82. The molecule has 0 N–H and O–H groups in total. The smallest absolute Gasteiger partial charge is 0.135 e. The van der Waals surface area contributed by atoms with Crippen LogP contribution in [0.5, 0.6) is 5.75 Å². The molecule has 0 amide bonds. The van der Waals surface area contributed by atoms with E-state index in [4.69, 9.17) is 9.72 Å². The maximum absolute atomic E-state index is 5.90. The van der Waals surface area contributed by atoms with E-state index in [0.717, 1.165) is 35.4 Å². The molecule has 0 fully saturated rings. The molecule has 0 saturated heterocycles. The molecule has 0 unspecified atom stereocenters. The predicted octanol–water partition coefficient (Wildman–Crippen LogP) is 3.02. The van der Waals surface area contributed by atoms with Gasteiger partial charge in [0, 0.05) is 24.5 Å². The van der Waals surface area contributed by atoms with Crippen LogP contribution in [0.15, 0.2) is 24.3 Å². The summed E-state index contributed by atoms with van der Waals surface area (Å²) in [5.74, 6) is 2.12. The first-order chi connectivity index (χ1) is 8.81. The highest BCUT2D eigenvalue weighted by Gasteiger charge is 2.21. The Morgan fingerprint density at radius 3 is 3.00 bits per heavy atom. The lowest BCUT2D eigenvalue weighted by Crippen LogP contribution is -2.26. The second-order valence-corrected chi connectivity index (χ2v) is 4.72. The summed E-state index contributed by atoms with van der Waals surface area (Å²) in [7, 11) is 2.11. The zero-order valence-corrected chi connectivity index (χ0v) is 10.9. The molecule has 1 aliphatic rings. The van der Waals surface area contributed by atoms with E-state index in [1.807, 2.05) is 19.1 Å². The quantitative estimate of drug-likeness (QED) is 0.809. The molecule has 0 spiro atoms. The van der Waals surface area contributed by atoms with Crippen molar-refractivity contribution in [1.29, 1.82) is 0 Å². The molecular weight excluding hydrogens is 224 g/mol. The molecule has 2 aromatic rings. The molecule has 0 atom stereocenters. The van der Waals surface area contributed by atoms with Crippen LogP contribution < -0.4 is 9.64 Å². The van der Waals surface area contributed by atoms with Gasteiger partial charge in [-0.15, -0.1) is 0 Å². The third-order valence-corrected chi connectivity index (χ3v) is 3.49. The molecular formula is C15H18N2O. The van der Waals surface area contributed by atoms with Gasteiger partial charge in [-0.1, -0.05) is 12.1 Å². The molecule has 0 aliphatic carbocycles. The van der Waals surface area contributed by atoms with E-state index in [1.54, 1.807) is 0 Å². The van der Waals surface area contributed by atoms with Crippen molar-refractivity contribution in [2.75, 3.05) is 25.1 Å². The average molecular weight is 242 g/mol. The van der Waals surface area contributed by atoms with E-state index < -0.39 is 0 Å². The van der Waals surface area contributed by atoms with E-state index in [0.29, 0.717) is 6.61 Å². The molecule has 3 rings (SSSR count). The fourth-order valence-electron chi connectivity index (χ4n) is 2.66. The second kappa shape index (κ2) is 4.48. The lowest BCUT2D eigenvalue weighted by molar-refractivity contribution is 0.339. The molecule has 94 valence electrons. The van der Waals surface area contributed by atoms with E-state index in [-0.39, 0.29) is 0 Å². The number of nitrogens with zero attached hydrogens (tertiary/aromatic N) is 2. The van der Waals surface area contributed by atoms with Gasteiger partial charge in [0.1, 0.15) is 11.6 Å². The van der Waals surface area contributed by atoms with Crippen molar-refractivity contribution in [2.45, 2.75) is 19.8 Å². The minimum Gasteiger partial charge on any atom is -0.493 e. The number of benzene rings is 1. The average Bonchev–Trinajstić information content (AvgIpc) is 2.40. The van der Waals surface area contributed by atoms with Crippen LogP contribution in [-0.2, 0) is 6.42 Å². The number of para-hydroxylation sites is 1. The molecule has 3 nitrogen and oxygen atoms in total. The van der Waals surface area contributed by atoms with Gasteiger partial charge in [0.25, 0.3) is 0 Å². The van der Waals surface area contributed by atoms with Gasteiger partial charge in [-0.2, -0.15) is 0 Å². The number of aromatic nitrogens is 1. The van der Waals surface area contributed by atoms with Crippen LogP contribution in [0.4, 0.5) is 5.82 Å². The second-order valence-electron chi connectivity index (χ2n) is 4.72. The Balaban J connectivity index is 2.30. The highest BCUT2D eigenvalue weighted by atomic mass is 16.5. The first-order valence-electron chi connectivity index (χ1n) is 6.57. The van der Waals surface area contributed by atoms with Gasteiger partial charge < -0.3 is 9.64 Å². The van der Waals surface area contributed by atoms with Gasteiger partial charge >= 0.3 is 0 Å². The maximum Gasteiger partial charge on any atom is 0.135 e. The number of hydrogen-bond donors (Lipinski definition) is 0. The van der Waals surface area contributed by atoms with E-state index in [9.17, 15) is 0 Å². The van der Waals surface area contributed by atoms with Crippen molar-refractivity contribution in [3.05, 3.63) is 29.8 Å². The molecule has 0 radical (unpaired) electrons. The molecule has 0 saturated carbocycles. The number of ether oxygens (including phenoxy) is 1. The molecule has 1 aromatic heterocycles. The summed E-state index contributed by atoms with van der Waals surface area (Å²) in [5, 5.41) is 1.13. The van der Waals surface area contributed by atoms with E-state index in [1.165, 1.54) is 12.0 Å². The maximum atomic E-state index is 5.90. The lowest BCUT2D eigenvalue weighted by Gasteiger charge is -2.28. The van der Waals surface area contributed by atoms with Crippen molar-refractivity contribution in [3.63, 3.8) is 0 Å². The monoisotopic (exact) mass is 242 g/mol. The van der Waals surface area contributed by atoms with Crippen molar-refractivity contribution >= 4 is 16.7 Å². The normalized spacial score (nSPS) is 14.7. The standard InChI is InChI=1S/C15H18N2O/c1-3-18-14-11-7-4-5-9-13(11)16-15-12(14)8-6-10-17(15)2/h4-5,7,9H,3,6,8,10H2,1-2H3. The van der Waals surface area contributed by atoms with Crippen molar-refractivity contribution in [1.82, 2.24) is 4.98 Å². The zero-order chi connectivity index (χ0) is 12.5. The van der Waals surface area contributed by atoms with Crippen molar-refractivity contribution in [2.24, 2.45) is 0 Å². The lowest BCUT2D eigenvalue weighted by atomic mass is 10.0. The number of hydrogen-bond acceptors (Lipinski definition) is 3. The zero-order valence-electron chi connectivity index (χ0n) is 10.9. The first-order valence-corrected chi connectivity index (χ1v) is 6.57. The number of rotatable bonds is 2. The number of fused-ring (bicyclic) bond motifs is 2. The molecule has 18 heavy (non-hydrogen) atoms. The van der Waals surface area contributed by atoms with Crippen LogP contribution in [0.1, 0.15) is 18.9 Å². The largest absolute Gasteiger partial charge is 0.493 e. The highest BCUT2D eigenvalue weighted by Crippen LogP contribution is 2.37. The van der Waals surface area contributed by atoms with Crippen molar-refractivity contribution < 1.29 is 4.74 Å². The van der Waals surface area contributed by atoms with Gasteiger partial charge in [0.05, 0.1) is 12.1 Å². The minimum absolute atomic E-state index is 0.699. The summed E-state index contributed by atoms with van der Waals surface area (Å²) in [6, 6.07) is 8.23. The van der Waals surface area contributed by atoms with Crippen LogP contribution in [0.25, 0.3) is 10.9 Å². The number of pyridine rings is 1. The van der Waals surface area contributed by atoms with E-state index in [2.05, 4.69) is 24.1 Å². The summed E-state index contributed by atoms with van der Waals surface area (Å²) < 4.78 is 5.90. The fourth-order valence-corrected chi connectivity index (χ4v) is 2.66. The summed E-state index contributed by atoms with van der Waals surface area (Å²) in [6.07, 6.45) is 2.23. The SMILES string of the molecule is CCOc1c2c(nc3ccccc13)N(C)CCC2.